The van der Waals surface area contributed by atoms with Gasteiger partial charge in [0, 0.05) is 5.69 Å². The van der Waals surface area contributed by atoms with E-state index in [1.807, 2.05) is 0 Å². The Labute approximate surface area is 194 Å². The van der Waals surface area contributed by atoms with Gasteiger partial charge < -0.3 is 18.9 Å². The number of benzene rings is 3. The second-order valence-electron chi connectivity index (χ2n) is 7.53. The molecular formula is C25H22F3NO5. The van der Waals surface area contributed by atoms with Gasteiger partial charge in [0.15, 0.2) is 11.5 Å². The zero-order valence-corrected chi connectivity index (χ0v) is 18.6. The van der Waals surface area contributed by atoms with E-state index in [-0.39, 0.29) is 5.69 Å². The van der Waals surface area contributed by atoms with E-state index in [9.17, 15) is 18.0 Å². The first kappa shape index (κ1) is 23.3. The lowest BCUT2D eigenvalue weighted by Crippen LogP contribution is -2.61. The fourth-order valence-electron chi connectivity index (χ4n) is 3.86. The molecule has 0 N–H and O–H groups in total. The van der Waals surface area contributed by atoms with E-state index in [2.05, 4.69) is 0 Å². The van der Waals surface area contributed by atoms with Gasteiger partial charge in [0.25, 0.3) is 5.91 Å². The van der Waals surface area contributed by atoms with E-state index in [1.54, 1.807) is 42.5 Å². The Morgan fingerprint density at radius 1 is 0.794 bits per heavy atom. The second-order valence-corrected chi connectivity index (χ2v) is 7.53. The van der Waals surface area contributed by atoms with E-state index in [0.717, 1.165) is 12.1 Å². The molecule has 4 rings (SSSR count). The van der Waals surface area contributed by atoms with E-state index in [4.69, 9.17) is 18.9 Å². The van der Waals surface area contributed by atoms with Crippen LogP contribution in [0.5, 0.6) is 23.0 Å². The van der Waals surface area contributed by atoms with Crippen LogP contribution in [0.1, 0.15) is 17.2 Å². The van der Waals surface area contributed by atoms with Gasteiger partial charge in [-0.05, 0) is 60.2 Å². The highest BCUT2D eigenvalue weighted by Crippen LogP contribution is 2.44. The summed E-state index contributed by atoms with van der Waals surface area (Å²) in [6.45, 7) is 0. The standard InChI is InChI=1S/C25H22F3NO5/c1-31-18-8-10-19(11-9-18)34-23-22(15-7-12-20(32-2)21(13-15)33-3)29(24(23)30)17-6-4-5-16(14-17)25(26,27)28/h4-14,22-23H,1-3H3/t22-,23+/m0/s1. The number of rotatable bonds is 7. The van der Waals surface area contributed by atoms with Gasteiger partial charge in [-0.3, -0.25) is 9.69 Å². The van der Waals surface area contributed by atoms with Crippen LogP contribution in [0.4, 0.5) is 18.9 Å². The minimum atomic E-state index is -4.54. The number of amides is 1. The number of nitrogens with zero attached hydrogens (tertiary/aromatic N) is 1. The maximum atomic E-state index is 13.3. The molecule has 0 radical (unpaired) electrons. The third-order valence-electron chi connectivity index (χ3n) is 5.57. The van der Waals surface area contributed by atoms with Gasteiger partial charge in [0.1, 0.15) is 17.5 Å². The van der Waals surface area contributed by atoms with Gasteiger partial charge in [-0.2, -0.15) is 13.2 Å². The smallest absolute Gasteiger partial charge is 0.416 e. The lowest BCUT2D eigenvalue weighted by atomic mass is 9.89. The van der Waals surface area contributed by atoms with Crippen molar-refractivity contribution in [3.05, 3.63) is 77.9 Å². The molecule has 178 valence electrons. The Bertz CT molecular complexity index is 1180. The van der Waals surface area contributed by atoms with E-state index in [1.165, 1.54) is 38.4 Å². The van der Waals surface area contributed by atoms with Crippen molar-refractivity contribution >= 4 is 11.6 Å². The molecule has 1 fully saturated rings. The lowest BCUT2D eigenvalue weighted by Gasteiger charge is -2.46. The van der Waals surface area contributed by atoms with Crippen LogP contribution in [-0.4, -0.2) is 33.3 Å². The van der Waals surface area contributed by atoms with Gasteiger partial charge in [-0.15, -0.1) is 0 Å². The summed E-state index contributed by atoms with van der Waals surface area (Å²) in [6.07, 6.45) is -5.50. The van der Waals surface area contributed by atoms with Crippen molar-refractivity contribution in [1.82, 2.24) is 0 Å². The van der Waals surface area contributed by atoms with Gasteiger partial charge in [-0.25, -0.2) is 0 Å². The number of hydrogen-bond donors (Lipinski definition) is 0. The van der Waals surface area contributed by atoms with Crippen molar-refractivity contribution in [1.29, 1.82) is 0 Å². The Hall–Kier alpha value is -3.88. The van der Waals surface area contributed by atoms with Gasteiger partial charge in [0.05, 0.1) is 26.9 Å². The third kappa shape index (κ3) is 4.33. The summed E-state index contributed by atoms with van der Waals surface area (Å²) in [5.74, 6) is 1.49. The number of carbonyl (C=O) groups excluding carboxylic acids is 1. The Kier molecular flexibility index (Phi) is 6.28. The van der Waals surface area contributed by atoms with Gasteiger partial charge in [0.2, 0.25) is 6.10 Å². The molecule has 0 bridgehead atoms. The minimum Gasteiger partial charge on any atom is -0.497 e. The topological polar surface area (TPSA) is 57.2 Å². The quantitative estimate of drug-likeness (QED) is 0.438. The first-order chi connectivity index (χ1) is 16.3. The summed E-state index contributed by atoms with van der Waals surface area (Å²) in [6, 6.07) is 15.7. The van der Waals surface area contributed by atoms with Crippen LogP contribution in [0, 0.1) is 0 Å². The first-order valence-corrected chi connectivity index (χ1v) is 10.3. The number of anilines is 1. The second kappa shape index (κ2) is 9.17. The summed E-state index contributed by atoms with van der Waals surface area (Å²) >= 11 is 0. The molecule has 3 aromatic rings. The number of hydrogen-bond acceptors (Lipinski definition) is 5. The zero-order valence-electron chi connectivity index (χ0n) is 18.6. The number of alkyl halides is 3. The van der Waals surface area contributed by atoms with Crippen molar-refractivity contribution in [2.45, 2.75) is 18.3 Å². The molecule has 1 aliphatic rings. The molecule has 2 atom stereocenters. The van der Waals surface area contributed by atoms with Crippen LogP contribution >= 0.6 is 0 Å². The number of β-lactam (4-membered cyclic amide) rings is 1. The Morgan fingerprint density at radius 2 is 1.47 bits per heavy atom. The van der Waals surface area contributed by atoms with Crippen LogP contribution in [0.3, 0.4) is 0 Å². The van der Waals surface area contributed by atoms with Crippen molar-refractivity contribution in [3.63, 3.8) is 0 Å². The van der Waals surface area contributed by atoms with Crippen molar-refractivity contribution in [2.24, 2.45) is 0 Å². The SMILES string of the molecule is COc1ccc(O[C@H]2C(=O)N(c3cccc(C(F)(F)F)c3)[C@H]2c2ccc(OC)c(OC)c2)cc1. The average molecular weight is 473 g/mol. The van der Waals surface area contributed by atoms with Crippen molar-refractivity contribution in [3.8, 4) is 23.0 Å². The van der Waals surface area contributed by atoms with Crippen LogP contribution in [0.15, 0.2) is 66.7 Å². The van der Waals surface area contributed by atoms with Crippen LogP contribution in [0.2, 0.25) is 0 Å². The Morgan fingerprint density at radius 3 is 2.09 bits per heavy atom. The summed E-state index contributed by atoms with van der Waals surface area (Å²) < 4.78 is 61.7. The number of ether oxygens (including phenoxy) is 4. The molecule has 0 aromatic heterocycles. The predicted molar refractivity (Wildman–Crippen MR) is 119 cm³/mol. The molecule has 0 unspecified atom stereocenters. The zero-order chi connectivity index (χ0) is 24.5. The molecule has 9 heteroatoms. The first-order valence-electron chi connectivity index (χ1n) is 10.3. The average Bonchev–Trinajstić information content (AvgIpc) is 2.85. The minimum absolute atomic E-state index is 0.120. The fourth-order valence-corrected chi connectivity index (χ4v) is 3.86. The van der Waals surface area contributed by atoms with Crippen molar-refractivity contribution < 1.29 is 36.9 Å². The fraction of sp³-hybridized carbons (Fsp3) is 0.240. The summed E-state index contributed by atoms with van der Waals surface area (Å²) in [5.41, 5.74) is -0.106. The highest BCUT2D eigenvalue weighted by Gasteiger charge is 2.51. The van der Waals surface area contributed by atoms with E-state index < -0.39 is 29.8 Å². The van der Waals surface area contributed by atoms with Crippen LogP contribution in [0.25, 0.3) is 0 Å². The molecule has 1 saturated heterocycles. The molecule has 6 nitrogen and oxygen atoms in total. The summed E-state index contributed by atoms with van der Waals surface area (Å²) in [5, 5.41) is 0. The molecular weight excluding hydrogens is 451 g/mol. The normalized spacial score (nSPS) is 17.7. The van der Waals surface area contributed by atoms with Gasteiger partial charge >= 0.3 is 6.18 Å². The van der Waals surface area contributed by atoms with Crippen LogP contribution < -0.4 is 23.8 Å². The highest BCUT2D eigenvalue weighted by molar-refractivity contribution is 6.05. The van der Waals surface area contributed by atoms with E-state index in [0.29, 0.717) is 28.6 Å². The van der Waals surface area contributed by atoms with Gasteiger partial charge in [-0.1, -0.05) is 12.1 Å². The molecule has 0 saturated carbocycles. The molecule has 1 heterocycles. The largest absolute Gasteiger partial charge is 0.497 e. The maximum Gasteiger partial charge on any atom is 0.416 e. The number of halogens is 3. The lowest BCUT2D eigenvalue weighted by molar-refractivity contribution is -0.138. The molecule has 34 heavy (non-hydrogen) atoms. The van der Waals surface area contributed by atoms with Crippen molar-refractivity contribution in [2.75, 3.05) is 26.2 Å². The maximum absolute atomic E-state index is 13.3. The monoisotopic (exact) mass is 473 g/mol. The number of methoxy groups -OCH3 is 3. The highest BCUT2D eigenvalue weighted by atomic mass is 19.4. The molecule has 1 amide bonds. The molecule has 0 spiro atoms. The Balaban J connectivity index is 1.73. The predicted octanol–water partition coefficient (Wildman–Crippen LogP) is 5.27. The summed E-state index contributed by atoms with van der Waals surface area (Å²) in [7, 11) is 4.50. The number of carbonyl (C=O) groups is 1. The molecule has 1 aliphatic heterocycles. The molecule has 3 aromatic carbocycles. The molecule has 0 aliphatic carbocycles. The van der Waals surface area contributed by atoms with E-state index >= 15 is 0 Å². The third-order valence-corrected chi connectivity index (χ3v) is 5.57. The van der Waals surface area contributed by atoms with Crippen LogP contribution in [-0.2, 0) is 11.0 Å². The summed E-state index contributed by atoms with van der Waals surface area (Å²) in [4.78, 5) is 14.4.